The Balaban J connectivity index is 1.57. The van der Waals surface area contributed by atoms with Crippen LogP contribution in [0.2, 0.25) is 5.02 Å². The fraction of sp³-hybridized carbons (Fsp3) is 0.278. The molecule has 0 bridgehead atoms. The summed E-state index contributed by atoms with van der Waals surface area (Å²) >= 11 is 5.70. The minimum atomic E-state index is -4.64. The molecule has 1 N–H and O–H groups in total. The highest BCUT2D eigenvalue weighted by atomic mass is 35.5. The molecule has 0 saturated heterocycles. The predicted molar refractivity (Wildman–Crippen MR) is 98.0 cm³/mol. The number of aromatic nitrogens is 4. The van der Waals surface area contributed by atoms with Gasteiger partial charge in [-0.3, -0.25) is 14.2 Å². The first kappa shape index (κ1) is 19.9. The van der Waals surface area contributed by atoms with Crippen LogP contribution in [0.3, 0.4) is 0 Å². The number of hydrogen-bond donors (Lipinski definition) is 1. The van der Waals surface area contributed by atoms with Crippen molar-refractivity contribution in [2.75, 3.05) is 5.32 Å². The van der Waals surface area contributed by atoms with Gasteiger partial charge in [-0.05, 0) is 12.5 Å². The molecule has 10 heteroatoms. The summed E-state index contributed by atoms with van der Waals surface area (Å²) in [5.74, 6) is -0.362. The van der Waals surface area contributed by atoms with Gasteiger partial charge in [-0.2, -0.15) is 23.4 Å². The number of halogens is 4. The van der Waals surface area contributed by atoms with Crippen LogP contribution in [0, 0.1) is 6.92 Å². The maximum Gasteiger partial charge on any atom is 0.436 e. The van der Waals surface area contributed by atoms with E-state index in [1.807, 2.05) is 30.3 Å². The van der Waals surface area contributed by atoms with E-state index in [4.69, 9.17) is 11.6 Å². The predicted octanol–water partition coefficient (Wildman–Crippen LogP) is 4.14. The van der Waals surface area contributed by atoms with E-state index in [1.54, 1.807) is 10.9 Å². The van der Waals surface area contributed by atoms with Gasteiger partial charge in [0.25, 0.3) is 0 Å². The summed E-state index contributed by atoms with van der Waals surface area (Å²) in [6.07, 6.45) is -1.50. The second-order valence-corrected chi connectivity index (χ2v) is 6.56. The summed E-state index contributed by atoms with van der Waals surface area (Å²) in [4.78, 5) is 12.1. The normalized spacial score (nSPS) is 11.6. The molecule has 0 spiro atoms. The molecule has 0 radical (unpaired) electrons. The summed E-state index contributed by atoms with van der Waals surface area (Å²) < 4.78 is 41.3. The molecule has 6 nitrogen and oxygen atoms in total. The maximum absolute atomic E-state index is 12.8. The fourth-order valence-electron chi connectivity index (χ4n) is 2.64. The lowest BCUT2D eigenvalue weighted by Gasteiger charge is -2.05. The topological polar surface area (TPSA) is 64.7 Å². The van der Waals surface area contributed by atoms with Crippen LogP contribution in [0.5, 0.6) is 0 Å². The Bertz CT molecular complexity index is 966. The first-order valence-electron chi connectivity index (χ1n) is 8.40. The van der Waals surface area contributed by atoms with Gasteiger partial charge in [0.05, 0.1) is 35.7 Å². The molecule has 0 aliphatic heterocycles. The average Bonchev–Trinajstić information content (AvgIpc) is 3.19. The minimum absolute atomic E-state index is 0.0222. The third-order valence-corrected chi connectivity index (χ3v) is 4.51. The summed E-state index contributed by atoms with van der Waals surface area (Å²) in [5, 5.41) is 9.88. The van der Waals surface area contributed by atoms with E-state index in [0.717, 1.165) is 10.2 Å². The lowest BCUT2D eigenvalue weighted by Crippen LogP contribution is -2.16. The fourth-order valence-corrected chi connectivity index (χ4v) is 2.88. The summed E-state index contributed by atoms with van der Waals surface area (Å²) in [6, 6.07) is 9.70. The van der Waals surface area contributed by atoms with Crippen LogP contribution in [0.1, 0.15) is 23.4 Å². The van der Waals surface area contributed by atoms with E-state index < -0.39 is 16.9 Å². The van der Waals surface area contributed by atoms with E-state index in [1.165, 1.54) is 13.1 Å². The van der Waals surface area contributed by atoms with Crippen LogP contribution in [0.4, 0.5) is 18.9 Å². The molecular weight excluding hydrogens is 395 g/mol. The molecule has 1 aromatic carbocycles. The molecule has 0 aliphatic rings. The Morgan fingerprint density at radius 2 is 1.96 bits per heavy atom. The van der Waals surface area contributed by atoms with Crippen molar-refractivity contribution in [3.63, 3.8) is 0 Å². The van der Waals surface area contributed by atoms with Gasteiger partial charge < -0.3 is 5.32 Å². The van der Waals surface area contributed by atoms with Crippen LogP contribution in [-0.2, 0) is 24.1 Å². The first-order chi connectivity index (χ1) is 13.2. The zero-order valence-electron chi connectivity index (χ0n) is 14.9. The van der Waals surface area contributed by atoms with E-state index >= 15 is 0 Å². The standard InChI is InChI=1S/C18H17ClF3N5O/c1-12-16(19)17(18(20,21)22)25-27(12)8-7-15(28)24-14-9-23-26(11-14)10-13-5-3-2-4-6-13/h2-6,9,11H,7-8,10H2,1H3,(H,24,28). The van der Waals surface area contributed by atoms with Crippen molar-refractivity contribution in [1.29, 1.82) is 0 Å². The van der Waals surface area contributed by atoms with Crippen molar-refractivity contribution in [2.45, 2.75) is 32.6 Å². The highest BCUT2D eigenvalue weighted by Crippen LogP contribution is 2.35. The number of anilines is 1. The largest absolute Gasteiger partial charge is 0.436 e. The van der Waals surface area contributed by atoms with E-state index in [0.29, 0.717) is 12.2 Å². The van der Waals surface area contributed by atoms with Crippen LogP contribution >= 0.6 is 11.6 Å². The van der Waals surface area contributed by atoms with Gasteiger partial charge in [-0.15, -0.1) is 0 Å². The Labute approximate surface area is 163 Å². The van der Waals surface area contributed by atoms with Gasteiger partial charge in [0.2, 0.25) is 5.91 Å². The van der Waals surface area contributed by atoms with Gasteiger partial charge in [0.1, 0.15) is 0 Å². The maximum atomic E-state index is 12.8. The van der Waals surface area contributed by atoms with Crippen LogP contribution < -0.4 is 5.32 Å². The van der Waals surface area contributed by atoms with E-state index in [-0.39, 0.29) is 24.6 Å². The second-order valence-electron chi connectivity index (χ2n) is 6.18. The molecule has 148 valence electrons. The number of rotatable bonds is 6. The van der Waals surface area contributed by atoms with Crippen molar-refractivity contribution < 1.29 is 18.0 Å². The van der Waals surface area contributed by atoms with Crippen molar-refractivity contribution in [2.24, 2.45) is 0 Å². The zero-order valence-corrected chi connectivity index (χ0v) is 15.6. The first-order valence-corrected chi connectivity index (χ1v) is 8.78. The lowest BCUT2D eigenvalue weighted by atomic mass is 10.2. The van der Waals surface area contributed by atoms with Gasteiger partial charge in [0.15, 0.2) is 5.69 Å². The molecule has 28 heavy (non-hydrogen) atoms. The lowest BCUT2D eigenvalue weighted by molar-refractivity contribution is -0.141. The Morgan fingerprint density at radius 3 is 2.61 bits per heavy atom. The molecule has 0 aliphatic carbocycles. The molecule has 0 atom stereocenters. The average molecular weight is 412 g/mol. The number of carbonyl (C=O) groups excluding carboxylic acids is 1. The molecular formula is C18H17ClF3N5O. The Hall–Kier alpha value is -2.81. The van der Waals surface area contributed by atoms with Gasteiger partial charge in [-0.25, -0.2) is 0 Å². The van der Waals surface area contributed by atoms with E-state index in [2.05, 4.69) is 15.5 Å². The molecule has 0 fully saturated rings. The Morgan fingerprint density at radius 1 is 1.25 bits per heavy atom. The number of nitrogens with one attached hydrogen (secondary N) is 1. The number of aryl methyl sites for hydroxylation is 1. The van der Waals surface area contributed by atoms with E-state index in [9.17, 15) is 18.0 Å². The second kappa shape index (κ2) is 8.05. The number of benzene rings is 1. The number of hydrogen-bond acceptors (Lipinski definition) is 3. The quantitative estimate of drug-likeness (QED) is 0.663. The monoisotopic (exact) mass is 411 g/mol. The van der Waals surface area contributed by atoms with Gasteiger partial charge >= 0.3 is 6.18 Å². The third kappa shape index (κ3) is 4.72. The summed E-state index contributed by atoms with van der Waals surface area (Å²) in [7, 11) is 0. The molecule has 0 saturated carbocycles. The van der Waals surface area contributed by atoms with Crippen LogP contribution in [0.15, 0.2) is 42.7 Å². The van der Waals surface area contributed by atoms with Gasteiger partial charge in [-0.1, -0.05) is 41.9 Å². The molecule has 0 unspecified atom stereocenters. The molecule has 3 rings (SSSR count). The zero-order chi connectivity index (χ0) is 20.3. The number of carbonyl (C=O) groups is 1. The van der Waals surface area contributed by atoms with Crippen LogP contribution in [-0.4, -0.2) is 25.5 Å². The molecule has 1 amide bonds. The number of amides is 1. The SMILES string of the molecule is Cc1c(Cl)c(C(F)(F)F)nn1CCC(=O)Nc1cnn(Cc2ccccc2)c1. The summed E-state index contributed by atoms with van der Waals surface area (Å²) in [6.45, 7) is 1.96. The molecule has 2 aromatic heterocycles. The molecule has 3 aromatic rings. The summed E-state index contributed by atoms with van der Waals surface area (Å²) in [5.41, 5.74) is 0.592. The van der Waals surface area contributed by atoms with Crippen molar-refractivity contribution in [3.8, 4) is 0 Å². The Kier molecular flexibility index (Phi) is 5.73. The van der Waals surface area contributed by atoms with Gasteiger partial charge in [0, 0.05) is 12.6 Å². The molecule has 2 heterocycles. The number of nitrogens with zero attached hydrogens (tertiary/aromatic N) is 4. The highest BCUT2D eigenvalue weighted by molar-refractivity contribution is 6.31. The van der Waals surface area contributed by atoms with Crippen molar-refractivity contribution in [3.05, 3.63) is 64.7 Å². The highest BCUT2D eigenvalue weighted by Gasteiger charge is 2.38. The third-order valence-electron chi connectivity index (χ3n) is 4.06. The van der Waals surface area contributed by atoms with Crippen LogP contribution in [0.25, 0.3) is 0 Å². The van der Waals surface area contributed by atoms with Crippen molar-refractivity contribution in [1.82, 2.24) is 19.6 Å². The minimum Gasteiger partial charge on any atom is -0.323 e. The number of alkyl halides is 3. The van der Waals surface area contributed by atoms with Crippen molar-refractivity contribution >= 4 is 23.2 Å². The smallest absolute Gasteiger partial charge is 0.323 e.